The lowest BCUT2D eigenvalue weighted by atomic mass is 10.3. The van der Waals surface area contributed by atoms with Gasteiger partial charge in [-0.2, -0.15) is 13.9 Å². The Morgan fingerprint density at radius 2 is 2.04 bits per heavy atom. The fourth-order valence-electron chi connectivity index (χ4n) is 2.39. The molecular formula is C16H15F2N5O2S. The van der Waals surface area contributed by atoms with Gasteiger partial charge >= 0.3 is 0 Å². The van der Waals surface area contributed by atoms with Crippen LogP contribution >= 0.6 is 11.8 Å². The Balaban J connectivity index is 1.60. The Bertz CT molecular complexity index is 984. The lowest BCUT2D eigenvalue weighted by Gasteiger charge is -2.08. The number of rotatable bonds is 6. The number of carbonyl (C=O) groups excluding carboxylic acids is 1. The van der Waals surface area contributed by atoms with Crippen molar-refractivity contribution in [2.45, 2.75) is 23.6 Å². The lowest BCUT2D eigenvalue weighted by molar-refractivity contribution is -0.116. The van der Waals surface area contributed by atoms with Crippen LogP contribution in [0.3, 0.4) is 0 Å². The van der Waals surface area contributed by atoms with Gasteiger partial charge in [-0.3, -0.25) is 18.8 Å². The van der Waals surface area contributed by atoms with Gasteiger partial charge in [-0.25, -0.2) is 4.98 Å². The second-order valence-electron chi connectivity index (χ2n) is 5.45. The van der Waals surface area contributed by atoms with Gasteiger partial charge in [0.1, 0.15) is 5.39 Å². The minimum atomic E-state index is -2.49. The maximum atomic E-state index is 12.3. The third kappa shape index (κ3) is 4.07. The molecule has 0 atom stereocenters. The van der Waals surface area contributed by atoms with Crippen LogP contribution < -0.4 is 10.9 Å². The van der Waals surface area contributed by atoms with Gasteiger partial charge in [-0.15, -0.1) is 0 Å². The van der Waals surface area contributed by atoms with E-state index in [-0.39, 0.29) is 24.4 Å². The minimum Gasteiger partial charge on any atom is -0.326 e. The van der Waals surface area contributed by atoms with Crippen LogP contribution in [0.5, 0.6) is 0 Å². The van der Waals surface area contributed by atoms with Crippen LogP contribution in [-0.2, 0) is 18.4 Å². The van der Waals surface area contributed by atoms with E-state index in [1.807, 2.05) is 0 Å². The first-order valence-electron chi connectivity index (χ1n) is 7.66. The van der Waals surface area contributed by atoms with Crippen molar-refractivity contribution in [2.75, 3.05) is 5.32 Å². The van der Waals surface area contributed by atoms with Crippen molar-refractivity contribution in [1.29, 1.82) is 0 Å². The maximum Gasteiger partial charge on any atom is 0.288 e. The van der Waals surface area contributed by atoms with Gasteiger partial charge in [0.15, 0.2) is 5.65 Å². The molecule has 0 radical (unpaired) electrons. The number of alkyl halides is 2. The second kappa shape index (κ2) is 7.65. The lowest BCUT2D eigenvalue weighted by Crippen LogP contribution is -2.23. The van der Waals surface area contributed by atoms with Crippen molar-refractivity contribution in [1.82, 2.24) is 19.3 Å². The summed E-state index contributed by atoms with van der Waals surface area (Å²) in [5.41, 5.74) is 0.725. The zero-order valence-electron chi connectivity index (χ0n) is 13.7. The van der Waals surface area contributed by atoms with Crippen LogP contribution in [0.1, 0.15) is 6.42 Å². The molecule has 7 nitrogen and oxygen atoms in total. The Kier molecular flexibility index (Phi) is 5.31. The number of carbonyl (C=O) groups is 1. The molecule has 0 aliphatic rings. The number of hydrogen-bond acceptors (Lipinski definition) is 5. The fraction of sp³-hybridized carbons (Fsp3) is 0.250. The molecule has 10 heteroatoms. The smallest absolute Gasteiger partial charge is 0.288 e. The topological polar surface area (TPSA) is 81.8 Å². The second-order valence-corrected chi connectivity index (χ2v) is 6.51. The van der Waals surface area contributed by atoms with E-state index in [1.165, 1.54) is 33.9 Å². The number of aryl methyl sites for hydroxylation is 2. The first kappa shape index (κ1) is 18.1. The van der Waals surface area contributed by atoms with E-state index in [0.29, 0.717) is 33.4 Å². The SMILES string of the molecule is Cn1ncc2c(=O)n(CCC(=O)Nc3ccc(SC(F)F)cc3)cnc21. The third-order valence-corrected chi connectivity index (χ3v) is 4.38. The zero-order chi connectivity index (χ0) is 18.7. The van der Waals surface area contributed by atoms with Crippen LogP contribution in [-0.4, -0.2) is 31.0 Å². The molecule has 2 heterocycles. The van der Waals surface area contributed by atoms with Gasteiger partial charge in [0, 0.05) is 30.6 Å². The normalized spacial score (nSPS) is 11.2. The summed E-state index contributed by atoms with van der Waals surface area (Å²) in [5, 5.41) is 7.04. The molecule has 3 aromatic rings. The summed E-state index contributed by atoms with van der Waals surface area (Å²) in [5.74, 6) is -2.78. The molecule has 26 heavy (non-hydrogen) atoms. The summed E-state index contributed by atoms with van der Waals surface area (Å²) in [7, 11) is 1.69. The van der Waals surface area contributed by atoms with E-state index in [4.69, 9.17) is 0 Å². The number of fused-ring (bicyclic) bond motifs is 1. The summed E-state index contributed by atoms with van der Waals surface area (Å²) in [6.45, 7) is 0.168. The Morgan fingerprint density at radius 1 is 1.31 bits per heavy atom. The molecular weight excluding hydrogens is 364 g/mol. The van der Waals surface area contributed by atoms with Crippen LogP contribution in [0, 0.1) is 0 Å². The van der Waals surface area contributed by atoms with E-state index >= 15 is 0 Å². The van der Waals surface area contributed by atoms with Crippen molar-refractivity contribution in [3.8, 4) is 0 Å². The summed E-state index contributed by atoms with van der Waals surface area (Å²) >= 11 is 0.440. The van der Waals surface area contributed by atoms with Gasteiger partial charge in [-0.05, 0) is 24.3 Å². The third-order valence-electron chi connectivity index (χ3n) is 3.66. The van der Waals surface area contributed by atoms with Crippen LogP contribution in [0.25, 0.3) is 11.0 Å². The summed E-state index contributed by atoms with van der Waals surface area (Å²) in [6.07, 6.45) is 2.90. The highest BCUT2D eigenvalue weighted by atomic mass is 32.2. The molecule has 2 aromatic heterocycles. The minimum absolute atomic E-state index is 0.0703. The highest BCUT2D eigenvalue weighted by Gasteiger charge is 2.10. The molecule has 0 bridgehead atoms. The number of amides is 1. The van der Waals surface area contributed by atoms with Crippen molar-refractivity contribution < 1.29 is 13.6 Å². The molecule has 0 aliphatic heterocycles. The molecule has 0 aliphatic carbocycles. The molecule has 0 saturated heterocycles. The van der Waals surface area contributed by atoms with Gasteiger partial charge in [0.05, 0.1) is 12.5 Å². The maximum absolute atomic E-state index is 12.3. The van der Waals surface area contributed by atoms with E-state index in [2.05, 4.69) is 15.4 Å². The molecule has 0 unspecified atom stereocenters. The summed E-state index contributed by atoms with van der Waals surface area (Å²) in [6, 6.07) is 6.13. The number of halogens is 2. The fourth-order valence-corrected chi connectivity index (χ4v) is 2.89. The number of nitrogens with one attached hydrogen (secondary N) is 1. The number of thioether (sulfide) groups is 1. The van der Waals surface area contributed by atoms with Crippen LogP contribution in [0.2, 0.25) is 0 Å². The standard InChI is InChI=1S/C16H15F2N5O2S/c1-22-14-12(8-20-22)15(25)23(9-19-14)7-6-13(24)21-10-2-4-11(5-3-10)26-16(17)18/h2-5,8-9,16H,6-7H2,1H3,(H,21,24). The van der Waals surface area contributed by atoms with Crippen LogP contribution in [0.15, 0.2) is 46.5 Å². The number of nitrogens with zero attached hydrogens (tertiary/aromatic N) is 4. The number of aromatic nitrogens is 4. The van der Waals surface area contributed by atoms with Crippen molar-refractivity contribution in [3.05, 3.63) is 47.1 Å². The molecule has 1 aromatic carbocycles. The first-order valence-corrected chi connectivity index (χ1v) is 8.54. The molecule has 3 rings (SSSR count). The highest BCUT2D eigenvalue weighted by Crippen LogP contribution is 2.26. The molecule has 0 spiro atoms. The quantitative estimate of drug-likeness (QED) is 0.666. The van der Waals surface area contributed by atoms with Crippen molar-refractivity contribution >= 4 is 34.4 Å². The molecule has 1 N–H and O–H groups in total. The number of benzene rings is 1. The van der Waals surface area contributed by atoms with E-state index < -0.39 is 5.76 Å². The van der Waals surface area contributed by atoms with Crippen molar-refractivity contribution in [3.63, 3.8) is 0 Å². The summed E-state index contributed by atoms with van der Waals surface area (Å²) < 4.78 is 27.4. The summed E-state index contributed by atoms with van der Waals surface area (Å²) in [4.78, 5) is 28.9. The van der Waals surface area contributed by atoms with Gasteiger partial charge in [0.2, 0.25) is 5.91 Å². The van der Waals surface area contributed by atoms with Gasteiger partial charge < -0.3 is 5.32 Å². The van der Waals surface area contributed by atoms with E-state index in [0.717, 1.165) is 0 Å². The zero-order valence-corrected chi connectivity index (χ0v) is 14.5. The van der Waals surface area contributed by atoms with Gasteiger partial charge in [-0.1, -0.05) is 11.8 Å². The Hall–Kier alpha value is -2.75. The first-order chi connectivity index (χ1) is 12.4. The van der Waals surface area contributed by atoms with Gasteiger partial charge in [0.25, 0.3) is 11.3 Å². The number of anilines is 1. The predicted octanol–water partition coefficient (Wildman–Crippen LogP) is 2.47. The molecule has 136 valence electrons. The molecule has 0 fully saturated rings. The van der Waals surface area contributed by atoms with E-state index in [1.54, 1.807) is 19.2 Å². The average molecular weight is 379 g/mol. The van der Waals surface area contributed by atoms with Crippen LogP contribution in [0.4, 0.5) is 14.5 Å². The molecule has 1 amide bonds. The Labute approximate surface area is 151 Å². The average Bonchev–Trinajstić information content (AvgIpc) is 2.98. The largest absolute Gasteiger partial charge is 0.326 e. The number of hydrogen-bond donors (Lipinski definition) is 1. The monoisotopic (exact) mass is 379 g/mol. The predicted molar refractivity (Wildman–Crippen MR) is 94.3 cm³/mol. The molecule has 0 saturated carbocycles. The highest BCUT2D eigenvalue weighted by molar-refractivity contribution is 7.99. The Morgan fingerprint density at radius 3 is 2.73 bits per heavy atom. The van der Waals surface area contributed by atoms with E-state index in [9.17, 15) is 18.4 Å². The van der Waals surface area contributed by atoms with Crippen molar-refractivity contribution in [2.24, 2.45) is 7.05 Å².